The van der Waals surface area contributed by atoms with E-state index in [-0.39, 0.29) is 63.0 Å². The van der Waals surface area contributed by atoms with E-state index < -0.39 is 35.4 Å². The molecule has 0 spiro atoms. The lowest BCUT2D eigenvalue weighted by atomic mass is 9.49. The van der Waals surface area contributed by atoms with Gasteiger partial charge in [-0.05, 0) is 100 Å². The number of Topliss-reactive ketones (excluding diaryl/α,β-unsaturated/α-hetero) is 3. The van der Waals surface area contributed by atoms with Gasteiger partial charge in [-0.25, -0.2) is 15.0 Å². The zero-order valence-electron chi connectivity index (χ0n) is 35.5. The first-order valence-corrected chi connectivity index (χ1v) is 23.0. The molecule has 0 saturated carbocycles. The normalized spacial score (nSPS) is 17.4. The molecule has 8 rings (SSSR count). The molecule has 0 N–H and O–H groups in total. The van der Waals surface area contributed by atoms with Crippen molar-refractivity contribution >= 4 is 106 Å². The summed E-state index contributed by atoms with van der Waals surface area (Å²) in [5.74, 6) is -0.823. The Morgan fingerprint density at radius 3 is 1.19 bits per heavy atom. The average molecular weight is 948 g/mol. The summed E-state index contributed by atoms with van der Waals surface area (Å²) >= 11 is 3.93. The van der Waals surface area contributed by atoms with E-state index in [0.29, 0.717) is 11.1 Å². The van der Waals surface area contributed by atoms with Crippen LogP contribution in [-0.2, 0) is 28.7 Å². The lowest BCUT2D eigenvalue weighted by molar-refractivity contribution is -0.0499. The number of carbonyl (C=O) groups excluding carboxylic acids is 3. The first-order chi connectivity index (χ1) is 28.6. The fourth-order valence-electron chi connectivity index (χ4n) is 6.33. The predicted molar refractivity (Wildman–Crippen MR) is 242 cm³/mol. The number of hydrogen-bond donors (Lipinski definition) is 0. The van der Waals surface area contributed by atoms with Gasteiger partial charge in [0.2, 0.25) is 0 Å². The van der Waals surface area contributed by atoms with E-state index in [2.05, 4.69) is 19.1 Å². The Morgan fingerprint density at radius 1 is 0.571 bits per heavy atom. The summed E-state index contributed by atoms with van der Waals surface area (Å²) in [4.78, 5) is 47.7. The molecule has 0 bridgehead atoms. The number of thiazole rings is 3. The molecule has 2 aliphatic heterocycles. The molecule has 0 unspecified atom stereocenters. The predicted octanol–water partition coefficient (Wildman–Crippen LogP) is 10.6. The van der Waals surface area contributed by atoms with Crippen LogP contribution in [-0.4, -0.2) is 82.7 Å². The maximum absolute atomic E-state index is 12.3. The Balaban J connectivity index is 0.000000179. The summed E-state index contributed by atoms with van der Waals surface area (Å²) in [5.41, 5.74) is 2.79. The van der Waals surface area contributed by atoms with E-state index in [1.807, 2.05) is 79.7 Å². The van der Waals surface area contributed by atoms with Gasteiger partial charge in [-0.1, -0.05) is 19.6 Å². The van der Waals surface area contributed by atoms with Crippen molar-refractivity contribution in [2.24, 2.45) is 0 Å². The van der Waals surface area contributed by atoms with Crippen molar-refractivity contribution in [1.29, 1.82) is 0 Å². The van der Waals surface area contributed by atoms with Crippen molar-refractivity contribution in [1.82, 2.24) is 15.0 Å². The van der Waals surface area contributed by atoms with Crippen molar-refractivity contribution in [2.45, 2.75) is 112 Å². The van der Waals surface area contributed by atoms with Crippen LogP contribution in [0, 0.1) is 0 Å². The van der Waals surface area contributed by atoms with Gasteiger partial charge in [0, 0.05) is 27.8 Å². The molecule has 2 aliphatic rings. The van der Waals surface area contributed by atoms with Crippen molar-refractivity contribution in [3.8, 4) is 16.9 Å². The van der Waals surface area contributed by atoms with Crippen LogP contribution in [0.15, 0.2) is 52.9 Å². The van der Waals surface area contributed by atoms with E-state index in [1.165, 1.54) is 41.2 Å². The minimum absolute atomic E-state index is 0. The molecule has 0 aliphatic carbocycles. The third-order valence-corrected chi connectivity index (χ3v) is 14.6. The van der Waals surface area contributed by atoms with E-state index >= 15 is 0 Å². The van der Waals surface area contributed by atoms with Crippen LogP contribution in [0.2, 0.25) is 0 Å². The number of alkyl halides is 3. The number of ketones is 3. The summed E-state index contributed by atoms with van der Waals surface area (Å²) in [7, 11) is -6.73. The lowest BCUT2D eigenvalue weighted by Crippen LogP contribution is -2.41. The van der Waals surface area contributed by atoms with Crippen LogP contribution < -0.4 is 4.18 Å². The van der Waals surface area contributed by atoms with Crippen LogP contribution in [0.25, 0.3) is 41.8 Å². The molecule has 13 nitrogen and oxygen atoms in total. The number of fused-ring (bicyclic) bond motifs is 3. The second kappa shape index (κ2) is 17.7. The number of rotatable bonds is 7. The van der Waals surface area contributed by atoms with Gasteiger partial charge in [0.15, 0.2) is 23.1 Å². The van der Waals surface area contributed by atoms with Gasteiger partial charge in [0.1, 0.15) is 5.52 Å². The van der Waals surface area contributed by atoms with Crippen LogP contribution >= 0.6 is 34.0 Å². The van der Waals surface area contributed by atoms with E-state index in [4.69, 9.17) is 18.6 Å². The Morgan fingerprint density at radius 2 is 0.873 bits per heavy atom. The average Bonchev–Trinajstić information content (AvgIpc) is 3.99. The summed E-state index contributed by atoms with van der Waals surface area (Å²) in [5, 5.41) is 0. The molecule has 0 atom stereocenters. The number of hydrogen-bond acceptors (Lipinski definition) is 16. The number of benzene rings is 3. The highest BCUT2D eigenvalue weighted by molar-refractivity contribution is 7.88. The number of aromatic nitrogens is 3. The van der Waals surface area contributed by atoms with Crippen LogP contribution in [0.3, 0.4) is 0 Å². The Hall–Kier alpha value is -4.15. The fraction of sp³-hybridized carbons (Fsp3) is 0.415. The largest absolute Gasteiger partial charge is 0.534 e. The zero-order chi connectivity index (χ0) is 46.0. The number of halogens is 3. The fourth-order valence-corrected chi connectivity index (χ4v) is 9.41. The molecule has 336 valence electrons. The Kier molecular flexibility index (Phi) is 14.0. The second-order valence-corrected chi connectivity index (χ2v) is 20.5. The molecule has 5 heterocycles. The molecule has 22 heteroatoms. The molecule has 2 fully saturated rings. The Labute approximate surface area is 376 Å². The minimum Gasteiger partial charge on any atom is -0.405 e. The van der Waals surface area contributed by atoms with Crippen LogP contribution in [0.1, 0.15) is 115 Å². The highest BCUT2D eigenvalue weighted by Gasteiger charge is 2.63. The van der Waals surface area contributed by atoms with Crippen molar-refractivity contribution in [3.05, 3.63) is 69.6 Å². The minimum atomic E-state index is -5.77. The highest BCUT2D eigenvalue weighted by Crippen LogP contribution is 2.43. The van der Waals surface area contributed by atoms with Crippen LogP contribution in [0.5, 0.6) is 5.75 Å². The molecule has 2 saturated heterocycles. The SMILES string of the molecule is C.CC(=O)c1ccc(-c2ccc(C(C)=O)c3scnc23)c2ncsc12.CC(=O)c1ccc(OS(=O)(=O)C(F)(F)F)c2ncsc12.CC1(C)OB(B2OC(C)(C)C(C)(C)O2)OC1(C)C. The molecule has 0 amide bonds. The van der Waals surface area contributed by atoms with Gasteiger partial charge in [-0.3, -0.25) is 14.4 Å². The van der Waals surface area contributed by atoms with Gasteiger partial charge < -0.3 is 22.8 Å². The van der Waals surface area contributed by atoms with E-state index in [0.717, 1.165) is 49.0 Å². The molecular formula is C41H46B2F3N3O10S4. The van der Waals surface area contributed by atoms with Gasteiger partial charge >= 0.3 is 29.6 Å². The molecule has 63 heavy (non-hydrogen) atoms. The Bertz CT molecular complexity index is 2680. The highest BCUT2D eigenvalue weighted by atomic mass is 32.2. The van der Waals surface area contributed by atoms with E-state index in [1.54, 1.807) is 24.9 Å². The molecular weight excluding hydrogens is 901 g/mol. The summed E-state index contributed by atoms with van der Waals surface area (Å²) in [6.45, 7) is 20.6. The van der Waals surface area contributed by atoms with Crippen molar-refractivity contribution in [2.75, 3.05) is 0 Å². The summed E-state index contributed by atoms with van der Waals surface area (Å²) < 4.78 is 88.7. The monoisotopic (exact) mass is 947 g/mol. The van der Waals surface area contributed by atoms with Gasteiger partial charge in [-0.15, -0.1) is 34.0 Å². The second-order valence-electron chi connectivity index (χ2n) is 16.4. The van der Waals surface area contributed by atoms with Crippen molar-refractivity contribution < 1.29 is 58.8 Å². The van der Waals surface area contributed by atoms with E-state index in [9.17, 15) is 36.0 Å². The summed E-state index contributed by atoms with van der Waals surface area (Å²) in [6.07, 6.45) is 0. The van der Waals surface area contributed by atoms with Crippen molar-refractivity contribution in [3.63, 3.8) is 0 Å². The smallest absolute Gasteiger partial charge is 0.405 e. The maximum Gasteiger partial charge on any atom is 0.534 e. The molecule has 6 aromatic rings. The molecule has 0 radical (unpaired) electrons. The standard InChI is InChI=1S/C18H12N2O2S2.C12H24B2O4.C10H6F3NO4S2.CH4/c1-9(21)11-3-5-13(15-17(11)23-7-19-15)14-6-4-12(10(2)22)18-16(14)20-8-24-18;1-9(2)10(3,4)16-13(15-9)14-17-11(5,6)12(7,8)18-14;1-5(15)6-2-3-7(8-9(6)19-4-14-8)18-20(16,17)10(11,12)13;/h3-8H,1-2H3;1-8H3;2-4H,1H3;1H4. The lowest BCUT2D eigenvalue weighted by Gasteiger charge is -2.32. The third kappa shape index (κ3) is 9.64. The van der Waals surface area contributed by atoms with Gasteiger partial charge in [0.25, 0.3) is 0 Å². The van der Waals surface area contributed by atoms with Gasteiger partial charge in [0.05, 0.1) is 64.1 Å². The first kappa shape index (κ1) is 49.9. The topological polar surface area (TPSA) is 170 Å². The maximum atomic E-state index is 12.3. The number of carbonyl (C=O) groups is 3. The third-order valence-electron chi connectivity index (χ3n) is 11.1. The number of nitrogens with zero attached hydrogens (tertiary/aromatic N) is 3. The quantitative estimate of drug-likeness (QED) is 0.0642. The zero-order valence-corrected chi connectivity index (χ0v) is 38.8. The summed E-state index contributed by atoms with van der Waals surface area (Å²) in [6, 6.07) is 9.69. The van der Waals surface area contributed by atoms with Crippen LogP contribution in [0.4, 0.5) is 13.2 Å². The van der Waals surface area contributed by atoms with Gasteiger partial charge in [-0.2, -0.15) is 21.6 Å². The molecule has 3 aromatic heterocycles. The molecule has 3 aromatic carbocycles. The first-order valence-electron chi connectivity index (χ1n) is 18.9.